The van der Waals surface area contributed by atoms with Gasteiger partial charge >= 0.3 is 12.2 Å². The van der Waals surface area contributed by atoms with Gasteiger partial charge in [0.2, 0.25) is 0 Å². The second kappa shape index (κ2) is 7.49. The molecule has 1 fully saturated rings. The quantitative estimate of drug-likeness (QED) is 0.804. The van der Waals surface area contributed by atoms with Crippen molar-refractivity contribution in [2.75, 3.05) is 19.8 Å². The van der Waals surface area contributed by atoms with Gasteiger partial charge in [0.25, 0.3) is 0 Å². The molecule has 7 nitrogen and oxygen atoms in total. The number of likely N-dealkylation sites (tertiary alicyclic amines) is 1. The van der Waals surface area contributed by atoms with Crippen LogP contribution in [0.25, 0.3) is 0 Å². The standard InChI is InChI=1S/C14H25NO6/c1-5-19-13(18)20-11-8-10(9-16)6-7-15(11)12(17)21-14(2,3)4/h10-11,16H,5-9H2,1-4H3. The summed E-state index contributed by atoms with van der Waals surface area (Å²) in [4.78, 5) is 25.0. The number of nitrogens with zero attached hydrogens (tertiary/aromatic N) is 1. The van der Waals surface area contributed by atoms with Gasteiger partial charge in [-0.05, 0) is 40.0 Å². The Morgan fingerprint density at radius 3 is 2.52 bits per heavy atom. The predicted molar refractivity (Wildman–Crippen MR) is 74.6 cm³/mol. The van der Waals surface area contributed by atoms with E-state index in [-0.39, 0.29) is 19.1 Å². The third-order valence-electron chi connectivity index (χ3n) is 3.04. The van der Waals surface area contributed by atoms with Crippen molar-refractivity contribution in [3.8, 4) is 0 Å². The first-order valence-corrected chi connectivity index (χ1v) is 7.20. The highest BCUT2D eigenvalue weighted by molar-refractivity contribution is 5.69. The molecule has 2 unspecified atom stereocenters. The van der Waals surface area contributed by atoms with E-state index < -0.39 is 24.1 Å². The summed E-state index contributed by atoms with van der Waals surface area (Å²) in [6, 6.07) is 0. The average molecular weight is 303 g/mol. The summed E-state index contributed by atoms with van der Waals surface area (Å²) in [7, 11) is 0. The smallest absolute Gasteiger partial charge is 0.444 e. The number of piperidine rings is 1. The van der Waals surface area contributed by atoms with E-state index in [4.69, 9.17) is 14.2 Å². The van der Waals surface area contributed by atoms with Crippen molar-refractivity contribution >= 4 is 12.2 Å². The van der Waals surface area contributed by atoms with Gasteiger partial charge in [0.15, 0.2) is 6.23 Å². The van der Waals surface area contributed by atoms with Crippen LogP contribution in [0.3, 0.4) is 0 Å². The zero-order valence-corrected chi connectivity index (χ0v) is 13.1. The van der Waals surface area contributed by atoms with E-state index in [2.05, 4.69) is 0 Å². The number of rotatable bonds is 3. The molecule has 0 aromatic heterocycles. The van der Waals surface area contributed by atoms with Gasteiger partial charge in [-0.15, -0.1) is 0 Å². The van der Waals surface area contributed by atoms with Gasteiger partial charge in [0.05, 0.1) is 6.61 Å². The normalized spacial score (nSPS) is 22.6. The van der Waals surface area contributed by atoms with Crippen molar-refractivity contribution in [2.24, 2.45) is 5.92 Å². The summed E-state index contributed by atoms with van der Waals surface area (Å²) < 4.78 is 15.2. The lowest BCUT2D eigenvalue weighted by Gasteiger charge is -2.38. The zero-order valence-electron chi connectivity index (χ0n) is 13.1. The summed E-state index contributed by atoms with van der Waals surface area (Å²) in [6.07, 6.45) is -1.12. The van der Waals surface area contributed by atoms with Gasteiger partial charge in [0, 0.05) is 19.6 Å². The number of hydrogen-bond donors (Lipinski definition) is 1. The molecule has 1 aliphatic rings. The van der Waals surface area contributed by atoms with E-state index in [1.807, 2.05) is 0 Å². The van der Waals surface area contributed by atoms with Gasteiger partial charge in [-0.25, -0.2) is 9.59 Å². The Labute approximate surface area is 125 Å². The number of ether oxygens (including phenoxy) is 3. The van der Waals surface area contributed by atoms with Crippen molar-refractivity contribution in [2.45, 2.75) is 52.4 Å². The highest BCUT2D eigenvalue weighted by Gasteiger charge is 2.36. The van der Waals surface area contributed by atoms with Gasteiger partial charge in [-0.1, -0.05) is 0 Å². The molecule has 0 aliphatic carbocycles. The fourth-order valence-electron chi connectivity index (χ4n) is 2.07. The molecule has 0 radical (unpaired) electrons. The molecule has 1 rings (SSSR count). The van der Waals surface area contributed by atoms with Gasteiger partial charge < -0.3 is 19.3 Å². The van der Waals surface area contributed by atoms with Crippen molar-refractivity contribution in [1.82, 2.24) is 4.90 Å². The van der Waals surface area contributed by atoms with Gasteiger partial charge in [-0.3, -0.25) is 4.90 Å². The van der Waals surface area contributed by atoms with E-state index in [1.165, 1.54) is 4.90 Å². The lowest BCUT2D eigenvalue weighted by Crippen LogP contribution is -2.50. The van der Waals surface area contributed by atoms with Crippen molar-refractivity contribution < 1.29 is 28.9 Å². The molecular formula is C14H25NO6. The summed E-state index contributed by atoms with van der Waals surface area (Å²) in [5, 5.41) is 9.25. The van der Waals surface area contributed by atoms with Crippen LogP contribution in [0.15, 0.2) is 0 Å². The second-order valence-electron chi connectivity index (χ2n) is 6.00. The third kappa shape index (κ3) is 5.79. The molecule has 0 spiro atoms. The highest BCUT2D eigenvalue weighted by Crippen LogP contribution is 2.25. The molecule has 1 heterocycles. The van der Waals surface area contributed by atoms with E-state index in [0.717, 1.165) is 0 Å². The van der Waals surface area contributed by atoms with Crippen LogP contribution in [0, 0.1) is 5.92 Å². The molecule has 7 heteroatoms. The molecular weight excluding hydrogens is 278 g/mol. The maximum absolute atomic E-state index is 12.2. The van der Waals surface area contributed by atoms with Crippen LogP contribution in [0.4, 0.5) is 9.59 Å². The summed E-state index contributed by atoms with van der Waals surface area (Å²) in [6.45, 7) is 7.53. The van der Waals surface area contributed by atoms with E-state index in [9.17, 15) is 14.7 Å². The molecule has 21 heavy (non-hydrogen) atoms. The largest absolute Gasteiger partial charge is 0.510 e. The van der Waals surface area contributed by atoms with Gasteiger partial charge in [-0.2, -0.15) is 0 Å². The van der Waals surface area contributed by atoms with Crippen molar-refractivity contribution in [3.05, 3.63) is 0 Å². The molecule has 0 aromatic carbocycles. The average Bonchev–Trinajstić information content (AvgIpc) is 2.36. The van der Waals surface area contributed by atoms with Crippen LogP contribution >= 0.6 is 0 Å². The monoisotopic (exact) mass is 303 g/mol. The molecule has 0 bridgehead atoms. The number of amides is 1. The van der Waals surface area contributed by atoms with Crippen LogP contribution in [-0.2, 0) is 14.2 Å². The number of aliphatic hydroxyl groups excluding tert-OH is 1. The molecule has 0 aromatic rings. The van der Waals surface area contributed by atoms with Gasteiger partial charge in [0.1, 0.15) is 5.60 Å². The fourth-order valence-corrected chi connectivity index (χ4v) is 2.07. The van der Waals surface area contributed by atoms with Crippen molar-refractivity contribution in [1.29, 1.82) is 0 Å². The van der Waals surface area contributed by atoms with Crippen LogP contribution in [0.5, 0.6) is 0 Å². The Morgan fingerprint density at radius 1 is 1.33 bits per heavy atom. The Balaban J connectivity index is 2.73. The molecule has 1 N–H and O–H groups in total. The summed E-state index contributed by atoms with van der Waals surface area (Å²) in [5.74, 6) is -0.0110. The molecule has 2 atom stereocenters. The lowest BCUT2D eigenvalue weighted by molar-refractivity contribution is -0.0838. The molecule has 122 valence electrons. The first kappa shape index (κ1) is 17.6. The van der Waals surface area contributed by atoms with Crippen molar-refractivity contribution in [3.63, 3.8) is 0 Å². The van der Waals surface area contributed by atoms with E-state index in [0.29, 0.717) is 19.4 Å². The summed E-state index contributed by atoms with van der Waals surface area (Å²) >= 11 is 0. The molecule has 0 saturated carbocycles. The zero-order chi connectivity index (χ0) is 16.0. The number of carbonyl (C=O) groups is 2. The SMILES string of the molecule is CCOC(=O)OC1CC(CO)CCN1C(=O)OC(C)(C)C. The van der Waals surface area contributed by atoms with E-state index in [1.54, 1.807) is 27.7 Å². The number of aliphatic hydroxyl groups is 1. The lowest BCUT2D eigenvalue weighted by atomic mass is 9.96. The first-order valence-electron chi connectivity index (χ1n) is 7.20. The van der Waals surface area contributed by atoms with Crippen LogP contribution in [-0.4, -0.2) is 53.8 Å². The van der Waals surface area contributed by atoms with Crippen LogP contribution in [0.2, 0.25) is 0 Å². The molecule has 1 amide bonds. The minimum Gasteiger partial charge on any atom is -0.444 e. The fraction of sp³-hybridized carbons (Fsp3) is 0.857. The second-order valence-corrected chi connectivity index (χ2v) is 6.00. The molecule has 1 aliphatic heterocycles. The minimum atomic E-state index is -0.824. The minimum absolute atomic E-state index is 0.00908. The Bertz CT molecular complexity index is 365. The Morgan fingerprint density at radius 2 is 2.00 bits per heavy atom. The number of carbonyl (C=O) groups excluding carboxylic acids is 2. The topological polar surface area (TPSA) is 85.3 Å². The first-order chi connectivity index (χ1) is 9.76. The Kier molecular flexibility index (Phi) is 6.26. The van der Waals surface area contributed by atoms with E-state index >= 15 is 0 Å². The highest BCUT2D eigenvalue weighted by atomic mass is 16.7. The number of hydrogen-bond acceptors (Lipinski definition) is 6. The predicted octanol–water partition coefficient (Wildman–Crippen LogP) is 2.12. The maximum Gasteiger partial charge on any atom is 0.510 e. The Hall–Kier alpha value is -1.50. The third-order valence-corrected chi connectivity index (χ3v) is 3.04. The van der Waals surface area contributed by atoms with Crippen LogP contribution < -0.4 is 0 Å². The van der Waals surface area contributed by atoms with Crippen LogP contribution in [0.1, 0.15) is 40.5 Å². The maximum atomic E-state index is 12.2. The summed E-state index contributed by atoms with van der Waals surface area (Å²) in [5.41, 5.74) is -0.626. The molecule has 1 saturated heterocycles.